The van der Waals surface area contributed by atoms with Gasteiger partial charge in [-0.3, -0.25) is 9.89 Å². The predicted molar refractivity (Wildman–Crippen MR) is 74.4 cm³/mol. The topological polar surface area (TPSA) is 79.9 Å². The number of aromatic amines is 1. The first kappa shape index (κ1) is 14.0. The average molecular weight is 274 g/mol. The Morgan fingerprint density at radius 1 is 1.45 bits per heavy atom. The molecule has 0 aliphatic heterocycles. The molecule has 1 aromatic heterocycles. The Morgan fingerprint density at radius 3 is 2.85 bits per heavy atom. The molecule has 0 radical (unpaired) electrons. The number of benzene rings is 1. The molecule has 20 heavy (non-hydrogen) atoms. The van der Waals surface area contributed by atoms with Crippen molar-refractivity contribution in [1.29, 1.82) is 0 Å². The fourth-order valence-electron chi connectivity index (χ4n) is 1.93. The summed E-state index contributed by atoms with van der Waals surface area (Å²) in [6, 6.07) is 7.24. The summed E-state index contributed by atoms with van der Waals surface area (Å²) >= 11 is 0. The number of ether oxygens (including phenoxy) is 1. The summed E-state index contributed by atoms with van der Waals surface area (Å²) in [5, 5.41) is 9.66. The Bertz CT molecular complexity index is 594. The number of rotatable bonds is 5. The van der Waals surface area contributed by atoms with Crippen molar-refractivity contribution in [3.63, 3.8) is 0 Å². The Balaban J connectivity index is 1.98. The van der Waals surface area contributed by atoms with Crippen LogP contribution in [0.4, 0.5) is 0 Å². The molecule has 1 amide bonds. The first-order valence-corrected chi connectivity index (χ1v) is 6.40. The van der Waals surface area contributed by atoms with Crippen LogP contribution in [0.1, 0.15) is 30.2 Å². The van der Waals surface area contributed by atoms with E-state index in [1.54, 1.807) is 7.11 Å². The maximum absolute atomic E-state index is 12.0. The number of carbonyl (C=O) groups excluding carboxylic acids is 1. The van der Waals surface area contributed by atoms with Crippen molar-refractivity contribution in [3.05, 3.63) is 41.5 Å². The number of amides is 1. The van der Waals surface area contributed by atoms with E-state index in [1.807, 2.05) is 38.1 Å². The van der Waals surface area contributed by atoms with Crippen LogP contribution in [0.25, 0.3) is 0 Å². The molecule has 0 aliphatic carbocycles. The number of hydrogen-bond donors (Lipinski definition) is 2. The highest BCUT2D eigenvalue weighted by atomic mass is 16.5. The van der Waals surface area contributed by atoms with E-state index in [1.165, 1.54) is 0 Å². The number of aromatic nitrogens is 3. The molecule has 2 N–H and O–H groups in total. The highest BCUT2D eigenvalue weighted by molar-refractivity contribution is 5.79. The minimum atomic E-state index is -0.234. The molecule has 0 bridgehead atoms. The summed E-state index contributed by atoms with van der Waals surface area (Å²) < 4.78 is 5.23. The van der Waals surface area contributed by atoms with Crippen LogP contribution in [-0.2, 0) is 11.2 Å². The van der Waals surface area contributed by atoms with Crippen molar-refractivity contribution >= 4 is 5.91 Å². The van der Waals surface area contributed by atoms with Crippen molar-refractivity contribution in [1.82, 2.24) is 20.5 Å². The predicted octanol–water partition coefficient (Wildman–Crippen LogP) is 1.54. The number of para-hydroxylation sites is 1. The van der Waals surface area contributed by atoms with Crippen LogP contribution in [0.15, 0.2) is 24.3 Å². The fraction of sp³-hybridized carbons (Fsp3) is 0.357. The molecule has 1 aromatic carbocycles. The average Bonchev–Trinajstić information content (AvgIpc) is 2.86. The van der Waals surface area contributed by atoms with Gasteiger partial charge < -0.3 is 10.1 Å². The molecule has 1 heterocycles. The Morgan fingerprint density at radius 2 is 2.20 bits per heavy atom. The molecular formula is C14H18N4O2. The zero-order valence-corrected chi connectivity index (χ0v) is 11.8. The summed E-state index contributed by atoms with van der Waals surface area (Å²) in [5.41, 5.74) is 0.853. The molecule has 2 rings (SSSR count). The van der Waals surface area contributed by atoms with Gasteiger partial charge in [-0.1, -0.05) is 18.2 Å². The van der Waals surface area contributed by atoms with Gasteiger partial charge in [-0.2, -0.15) is 5.10 Å². The van der Waals surface area contributed by atoms with Crippen molar-refractivity contribution in [2.75, 3.05) is 7.11 Å². The van der Waals surface area contributed by atoms with Crippen LogP contribution in [0.2, 0.25) is 0 Å². The van der Waals surface area contributed by atoms with Gasteiger partial charge in [0.15, 0.2) is 5.82 Å². The van der Waals surface area contributed by atoms with Gasteiger partial charge in [0.2, 0.25) is 5.91 Å². The van der Waals surface area contributed by atoms with E-state index in [9.17, 15) is 4.79 Å². The molecule has 1 unspecified atom stereocenters. The van der Waals surface area contributed by atoms with Gasteiger partial charge in [0.25, 0.3) is 0 Å². The Hall–Kier alpha value is -2.37. The quantitative estimate of drug-likeness (QED) is 0.866. The standard InChI is InChI=1S/C14H18N4O2/c1-9(14-16-10(2)17-18-14)15-13(19)8-11-6-4-5-7-12(11)20-3/h4-7,9H,8H2,1-3H3,(H,15,19)(H,16,17,18). The molecule has 6 heteroatoms. The summed E-state index contributed by atoms with van der Waals surface area (Å²) in [6.07, 6.45) is 0.262. The zero-order chi connectivity index (χ0) is 14.5. The van der Waals surface area contributed by atoms with Crippen LogP contribution in [0, 0.1) is 6.92 Å². The first-order chi connectivity index (χ1) is 9.60. The van der Waals surface area contributed by atoms with Crippen LogP contribution in [0.5, 0.6) is 5.75 Å². The summed E-state index contributed by atoms with van der Waals surface area (Å²) in [7, 11) is 1.59. The van der Waals surface area contributed by atoms with Crippen LogP contribution >= 0.6 is 0 Å². The Kier molecular flexibility index (Phi) is 4.34. The molecule has 0 aliphatic rings. The normalized spacial score (nSPS) is 11.9. The van der Waals surface area contributed by atoms with Gasteiger partial charge in [0.1, 0.15) is 11.6 Å². The lowest BCUT2D eigenvalue weighted by atomic mass is 10.1. The van der Waals surface area contributed by atoms with E-state index in [-0.39, 0.29) is 18.4 Å². The molecule has 2 aromatic rings. The number of carbonyl (C=O) groups is 1. The minimum absolute atomic E-state index is 0.0931. The minimum Gasteiger partial charge on any atom is -0.496 e. The van der Waals surface area contributed by atoms with Gasteiger partial charge in [-0.25, -0.2) is 4.98 Å². The van der Waals surface area contributed by atoms with Crippen LogP contribution in [0.3, 0.4) is 0 Å². The third-order valence-corrected chi connectivity index (χ3v) is 2.92. The van der Waals surface area contributed by atoms with E-state index in [0.717, 1.165) is 11.4 Å². The van der Waals surface area contributed by atoms with Crippen molar-refractivity contribution in [2.45, 2.75) is 26.3 Å². The molecule has 0 fully saturated rings. The third kappa shape index (κ3) is 3.34. The van der Waals surface area contributed by atoms with E-state index in [2.05, 4.69) is 20.5 Å². The lowest BCUT2D eigenvalue weighted by Gasteiger charge is -2.12. The number of hydrogen-bond acceptors (Lipinski definition) is 4. The number of nitrogens with zero attached hydrogens (tertiary/aromatic N) is 2. The second-order valence-corrected chi connectivity index (χ2v) is 4.56. The van der Waals surface area contributed by atoms with Crippen LogP contribution < -0.4 is 10.1 Å². The lowest BCUT2D eigenvalue weighted by Crippen LogP contribution is -2.28. The van der Waals surface area contributed by atoms with E-state index < -0.39 is 0 Å². The monoisotopic (exact) mass is 274 g/mol. The highest BCUT2D eigenvalue weighted by Gasteiger charge is 2.15. The van der Waals surface area contributed by atoms with E-state index >= 15 is 0 Å². The molecule has 0 saturated heterocycles. The van der Waals surface area contributed by atoms with Crippen molar-refractivity contribution < 1.29 is 9.53 Å². The molecular weight excluding hydrogens is 256 g/mol. The van der Waals surface area contributed by atoms with Gasteiger partial charge in [-0.05, 0) is 19.9 Å². The smallest absolute Gasteiger partial charge is 0.225 e. The Labute approximate surface area is 117 Å². The molecule has 106 valence electrons. The third-order valence-electron chi connectivity index (χ3n) is 2.92. The maximum atomic E-state index is 12.0. The summed E-state index contributed by atoms with van der Waals surface area (Å²) in [6.45, 7) is 3.67. The second-order valence-electron chi connectivity index (χ2n) is 4.56. The van der Waals surface area contributed by atoms with Gasteiger partial charge >= 0.3 is 0 Å². The molecule has 0 saturated carbocycles. The molecule has 1 atom stereocenters. The second kappa shape index (κ2) is 6.18. The van der Waals surface area contributed by atoms with Crippen molar-refractivity contribution in [3.8, 4) is 5.75 Å². The van der Waals surface area contributed by atoms with Crippen molar-refractivity contribution in [2.24, 2.45) is 0 Å². The number of H-pyrrole nitrogens is 1. The maximum Gasteiger partial charge on any atom is 0.225 e. The zero-order valence-electron chi connectivity index (χ0n) is 11.8. The SMILES string of the molecule is COc1ccccc1CC(=O)NC(C)c1n[nH]c(C)n1. The largest absolute Gasteiger partial charge is 0.496 e. The van der Waals surface area contributed by atoms with Gasteiger partial charge in [0, 0.05) is 5.56 Å². The first-order valence-electron chi connectivity index (χ1n) is 6.40. The number of methoxy groups -OCH3 is 1. The fourth-order valence-corrected chi connectivity index (χ4v) is 1.93. The number of aryl methyl sites for hydroxylation is 1. The number of nitrogens with one attached hydrogen (secondary N) is 2. The van der Waals surface area contributed by atoms with Gasteiger partial charge in [0.05, 0.1) is 19.6 Å². The molecule has 0 spiro atoms. The van der Waals surface area contributed by atoms with E-state index in [4.69, 9.17) is 4.74 Å². The van der Waals surface area contributed by atoms with E-state index in [0.29, 0.717) is 11.6 Å². The van der Waals surface area contributed by atoms with Crippen LogP contribution in [-0.4, -0.2) is 28.2 Å². The van der Waals surface area contributed by atoms with Gasteiger partial charge in [-0.15, -0.1) is 0 Å². The summed E-state index contributed by atoms with van der Waals surface area (Å²) in [5.74, 6) is 1.93. The highest BCUT2D eigenvalue weighted by Crippen LogP contribution is 2.18. The lowest BCUT2D eigenvalue weighted by molar-refractivity contribution is -0.121. The molecule has 6 nitrogen and oxygen atoms in total. The summed E-state index contributed by atoms with van der Waals surface area (Å²) in [4.78, 5) is 16.2.